The van der Waals surface area contributed by atoms with Crippen LogP contribution < -0.4 is 9.47 Å². The van der Waals surface area contributed by atoms with Crippen molar-refractivity contribution >= 4 is 11.1 Å². The predicted octanol–water partition coefficient (Wildman–Crippen LogP) is 4.74. The molecule has 3 nitrogen and oxygen atoms in total. The van der Waals surface area contributed by atoms with Crippen LogP contribution in [0.15, 0.2) is 24.0 Å². The van der Waals surface area contributed by atoms with Gasteiger partial charge in [-0.1, -0.05) is 6.92 Å². The summed E-state index contributed by atoms with van der Waals surface area (Å²) in [5, 5.41) is 9.08. The summed E-state index contributed by atoms with van der Waals surface area (Å²) in [5.41, 5.74) is 2.77. The van der Waals surface area contributed by atoms with Crippen LogP contribution in [0.1, 0.15) is 52.2 Å². The maximum atomic E-state index is 13.9. The van der Waals surface area contributed by atoms with E-state index in [-0.39, 0.29) is 5.60 Å². The van der Waals surface area contributed by atoms with E-state index < -0.39 is 12.4 Å². The molecule has 0 fully saturated rings. The first kappa shape index (κ1) is 17.5. The van der Waals surface area contributed by atoms with Gasteiger partial charge in [-0.25, -0.2) is 4.39 Å². The lowest BCUT2D eigenvalue weighted by molar-refractivity contribution is 0.157. The highest BCUT2D eigenvalue weighted by molar-refractivity contribution is 5.80. The Hall–Kier alpha value is -1.81. The minimum Gasteiger partial charge on any atom is -0.493 e. The summed E-state index contributed by atoms with van der Waals surface area (Å²) in [5.74, 6) is 0.768. The lowest BCUT2D eigenvalue weighted by atomic mass is 9.90. The second-order valence-electron chi connectivity index (χ2n) is 6.19. The molecule has 126 valence electrons. The molecule has 1 aliphatic rings. The van der Waals surface area contributed by atoms with Gasteiger partial charge in [0.1, 0.15) is 22.9 Å². The highest BCUT2D eigenvalue weighted by atomic mass is 19.1. The molecule has 0 aromatic heterocycles. The molecular weight excluding hydrogens is 295 g/mol. The Labute approximate surface area is 137 Å². The number of hydrogen-bond donors (Lipinski definition) is 1. The van der Waals surface area contributed by atoms with Crippen molar-refractivity contribution in [2.75, 3.05) is 13.2 Å². The summed E-state index contributed by atoms with van der Waals surface area (Å²) in [7, 11) is 0. The van der Waals surface area contributed by atoms with Crippen LogP contribution in [-0.2, 0) is 0 Å². The van der Waals surface area contributed by atoms with E-state index >= 15 is 0 Å². The number of hydrogen-bond acceptors (Lipinski definition) is 3. The Morgan fingerprint density at radius 1 is 1.30 bits per heavy atom. The van der Waals surface area contributed by atoms with Crippen LogP contribution in [0.5, 0.6) is 11.5 Å². The van der Waals surface area contributed by atoms with E-state index in [1.54, 1.807) is 6.92 Å². The molecule has 1 N–H and O–H groups in total. The monoisotopic (exact) mass is 320 g/mol. The highest BCUT2D eigenvalue weighted by Crippen LogP contribution is 2.43. The van der Waals surface area contributed by atoms with Gasteiger partial charge in [-0.3, -0.25) is 0 Å². The Balaban J connectivity index is 2.67. The van der Waals surface area contributed by atoms with Crippen LogP contribution >= 0.6 is 0 Å². The number of aliphatic hydroxyl groups is 1. The molecule has 1 heterocycles. The van der Waals surface area contributed by atoms with Gasteiger partial charge in [-0.2, -0.15) is 0 Å². The molecular formula is C19H25FO3. The average Bonchev–Trinajstić information content (AvgIpc) is 2.51. The quantitative estimate of drug-likeness (QED) is 0.851. The zero-order valence-corrected chi connectivity index (χ0v) is 14.5. The van der Waals surface area contributed by atoms with Crippen LogP contribution in [0.2, 0.25) is 0 Å². The third-order valence-corrected chi connectivity index (χ3v) is 3.95. The number of halogens is 1. The molecule has 1 aromatic rings. The van der Waals surface area contributed by atoms with Crippen molar-refractivity contribution in [1.82, 2.24) is 0 Å². The number of aliphatic hydroxyl groups excluding tert-OH is 1. The summed E-state index contributed by atoms with van der Waals surface area (Å²) in [6.45, 7) is 9.50. The van der Waals surface area contributed by atoms with E-state index in [0.717, 1.165) is 23.3 Å². The van der Waals surface area contributed by atoms with Gasteiger partial charge in [-0.05, 0) is 57.4 Å². The van der Waals surface area contributed by atoms with E-state index in [1.165, 1.54) is 0 Å². The van der Waals surface area contributed by atoms with Crippen LogP contribution in [0.4, 0.5) is 4.39 Å². The second-order valence-corrected chi connectivity index (χ2v) is 6.19. The number of ether oxygens (including phenoxy) is 2. The molecule has 1 aromatic carbocycles. The van der Waals surface area contributed by atoms with Crippen molar-refractivity contribution in [3.8, 4) is 11.5 Å². The summed E-state index contributed by atoms with van der Waals surface area (Å²) in [6.07, 6.45) is 2.96. The van der Waals surface area contributed by atoms with Crippen LogP contribution in [0, 0.1) is 0 Å². The molecule has 0 bridgehead atoms. The average molecular weight is 320 g/mol. The van der Waals surface area contributed by atoms with Crippen molar-refractivity contribution < 1.29 is 19.0 Å². The van der Waals surface area contributed by atoms with E-state index in [0.29, 0.717) is 23.5 Å². The zero-order chi connectivity index (χ0) is 17.2. The molecule has 1 aliphatic heterocycles. The van der Waals surface area contributed by atoms with Gasteiger partial charge in [0.15, 0.2) is 0 Å². The normalized spacial score (nSPS) is 16.9. The first-order chi connectivity index (χ1) is 10.8. The molecule has 0 radical (unpaired) electrons. The molecule has 23 heavy (non-hydrogen) atoms. The maximum Gasteiger partial charge on any atom is 0.131 e. The van der Waals surface area contributed by atoms with Crippen molar-refractivity contribution in [3.63, 3.8) is 0 Å². The fourth-order valence-corrected chi connectivity index (χ4v) is 2.83. The number of rotatable bonds is 5. The largest absolute Gasteiger partial charge is 0.493 e. The molecule has 0 amide bonds. The Kier molecular flexibility index (Phi) is 5.15. The van der Waals surface area contributed by atoms with Gasteiger partial charge in [0.2, 0.25) is 0 Å². The van der Waals surface area contributed by atoms with E-state index in [9.17, 15) is 4.39 Å². The zero-order valence-electron chi connectivity index (χ0n) is 14.5. The van der Waals surface area contributed by atoms with Gasteiger partial charge in [0.05, 0.1) is 13.2 Å². The summed E-state index contributed by atoms with van der Waals surface area (Å²) >= 11 is 0. The molecule has 0 atom stereocenters. The maximum absolute atomic E-state index is 13.9. The lowest BCUT2D eigenvalue weighted by Crippen LogP contribution is -2.29. The van der Waals surface area contributed by atoms with Gasteiger partial charge in [0.25, 0.3) is 0 Å². The van der Waals surface area contributed by atoms with Gasteiger partial charge < -0.3 is 14.6 Å². The first-order valence-electron chi connectivity index (χ1n) is 8.01. The summed E-state index contributed by atoms with van der Waals surface area (Å²) in [6, 6.07) is 3.72. The van der Waals surface area contributed by atoms with Crippen molar-refractivity contribution in [2.45, 2.75) is 46.6 Å². The molecule has 0 saturated heterocycles. The molecule has 2 rings (SSSR count). The number of benzene rings is 1. The third-order valence-electron chi connectivity index (χ3n) is 3.95. The van der Waals surface area contributed by atoms with E-state index in [2.05, 4.69) is 13.0 Å². The minimum absolute atomic E-state index is 0.384. The lowest BCUT2D eigenvalue weighted by Gasteiger charge is -2.32. The molecule has 0 saturated carbocycles. The number of allylic oxidation sites excluding steroid dienone is 2. The van der Waals surface area contributed by atoms with Gasteiger partial charge in [-0.15, -0.1) is 0 Å². The van der Waals surface area contributed by atoms with Gasteiger partial charge in [0, 0.05) is 17.2 Å². The first-order valence-corrected chi connectivity index (χ1v) is 8.01. The van der Waals surface area contributed by atoms with Gasteiger partial charge >= 0.3 is 0 Å². The topological polar surface area (TPSA) is 38.7 Å². The predicted molar refractivity (Wildman–Crippen MR) is 91.4 cm³/mol. The second kappa shape index (κ2) is 6.75. The third kappa shape index (κ3) is 3.58. The molecule has 0 spiro atoms. The van der Waals surface area contributed by atoms with Crippen molar-refractivity contribution in [2.24, 2.45) is 0 Å². The molecule has 4 heteroatoms. The van der Waals surface area contributed by atoms with Crippen molar-refractivity contribution in [1.29, 1.82) is 0 Å². The minimum atomic E-state index is -0.617. The molecule has 0 aliphatic carbocycles. The highest BCUT2D eigenvalue weighted by Gasteiger charge is 2.27. The van der Waals surface area contributed by atoms with E-state index in [4.69, 9.17) is 14.6 Å². The Morgan fingerprint density at radius 2 is 2.00 bits per heavy atom. The summed E-state index contributed by atoms with van der Waals surface area (Å²) in [4.78, 5) is 0. The van der Waals surface area contributed by atoms with Crippen LogP contribution in [0.25, 0.3) is 11.1 Å². The van der Waals surface area contributed by atoms with E-state index in [1.807, 2.05) is 32.9 Å². The Bertz CT molecular complexity index is 657. The summed E-state index contributed by atoms with van der Waals surface area (Å²) < 4.78 is 25.6. The smallest absolute Gasteiger partial charge is 0.131 e. The van der Waals surface area contributed by atoms with Crippen LogP contribution in [0.3, 0.4) is 0 Å². The van der Waals surface area contributed by atoms with Crippen LogP contribution in [-0.4, -0.2) is 23.9 Å². The fraction of sp³-hybridized carbons (Fsp3) is 0.474. The SMILES string of the molecule is CCOc1cc2c(cc1/C(C)=C(/F)CO)C(CC)=CC(C)(C)O2. The fourth-order valence-electron chi connectivity index (χ4n) is 2.83. The Morgan fingerprint density at radius 3 is 2.57 bits per heavy atom. The number of fused-ring (bicyclic) bond motifs is 1. The standard InChI is InChI=1S/C19H25FO3/c1-6-13-10-19(4,5)23-18-9-17(22-7-2)14(8-15(13)18)12(3)16(20)11-21/h8-10,21H,6-7,11H2,1-5H3/b16-12+. The molecule has 0 unspecified atom stereocenters. The van der Waals surface area contributed by atoms with Crippen molar-refractivity contribution in [3.05, 3.63) is 35.2 Å².